The summed E-state index contributed by atoms with van der Waals surface area (Å²) in [6, 6.07) is 3.72. The second-order valence-electron chi connectivity index (χ2n) is 6.78. The van der Waals surface area contributed by atoms with Crippen LogP contribution in [0.2, 0.25) is 5.02 Å². The van der Waals surface area contributed by atoms with Gasteiger partial charge in [-0.25, -0.2) is 0 Å². The number of rotatable bonds is 6. The van der Waals surface area contributed by atoms with Crippen molar-refractivity contribution in [2.24, 2.45) is 11.7 Å². The third-order valence-electron chi connectivity index (χ3n) is 4.16. The van der Waals surface area contributed by atoms with Gasteiger partial charge < -0.3 is 20.5 Å². The van der Waals surface area contributed by atoms with Gasteiger partial charge in [0.2, 0.25) is 0 Å². The average molecular weight is 355 g/mol. The van der Waals surface area contributed by atoms with Crippen molar-refractivity contribution in [2.45, 2.75) is 51.6 Å². The van der Waals surface area contributed by atoms with Crippen molar-refractivity contribution in [3.63, 3.8) is 0 Å². The summed E-state index contributed by atoms with van der Waals surface area (Å²) in [5.74, 6) is 1.17. The highest BCUT2D eigenvalue weighted by atomic mass is 35.5. The van der Waals surface area contributed by atoms with Crippen molar-refractivity contribution in [1.29, 1.82) is 0 Å². The molecule has 5 nitrogen and oxygen atoms in total. The standard InChI is InChI=1S/C18H27ClN2O3/c1-11(2)10-24-17-15(19)8-12(9-16(17)23-3)18(22)21-14-6-4-13(20)5-7-14/h8-9,11,13-14H,4-7,10,20H2,1-3H3,(H,21,22). The van der Waals surface area contributed by atoms with Crippen LogP contribution < -0.4 is 20.5 Å². The Labute approximate surface area is 148 Å². The minimum absolute atomic E-state index is 0.147. The Kier molecular flexibility index (Phi) is 6.75. The van der Waals surface area contributed by atoms with E-state index in [4.69, 9.17) is 26.8 Å². The highest BCUT2D eigenvalue weighted by Crippen LogP contribution is 2.36. The molecule has 0 aromatic heterocycles. The molecule has 1 fully saturated rings. The van der Waals surface area contributed by atoms with Crippen molar-refractivity contribution < 1.29 is 14.3 Å². The number of hydrogen-bond acceptors (Lipinski definition) is 4. The summed E-state index contributed by atoms with van der Waals surface area (Å²) in [7, 11) is 1.54. The van der Waals surface area contributed by atoms with Crippen molar-refractivity contribution in [3.05, 3.63) is 22.7 Å². The number of carbonyl (C=O) groups excluding carboxylic acids is 1. The Hall–Kier alpha value is -1.46. The SMILES string of the molecule is COc1cc(C(=O)NC2CCC(N)CC2)cc(Cl)c1OCC(C)C. The fourth-order valence-corrected chi connectivity index (χ4v) is 3.04. The van der Waals surface area contributed by atoms with E-state index in [1.807, 2.05) is 0 Å². The number of amides is 1. The molecular weight excluding hydrogens is 328 g/mol. The zero-order valence-electron chi connectivity index (χ0n) is 14.6. The van der Waals surface area contributed by atoms with Crippen LogP contribution in [0.15, 0.2) is 12.1 Å². The molecule has 0 spiro atoms. The summed E-state index contributed by atoms with van der Waals surface area (Å²) in [4.78, 5) is 12.5. The zero-order chi connectivity index (χ0) is 17.7. The quantitative estimate of drug-likeness (QED) is 0.821. The lowest BCUT2D eigenvalue weighted by molar-refractivity contribution is 0.0925. The van der Waals surface area contributed by atoms with Crippen LogP contribution in [-0.2, 0) is 0 Å². The van der Waals surface area contributed by atoms with E-state index in [1.165, 1.54) is 7.11 Å². The third-order valence-corrected chi connectivity index (χ3v) is 4.44. The number of methoxy groups -OCH3 is 1. The number of benzene rings is 1. The number of ether oxygens (including phenoxy) is 2. The van der Waals surface area contributed by atoms with E-state index in [0.29, 0.717) is 34.6 Å². The monoisotopic (exact) mass is 354 g/mol. The molecule has 0 atom stereocenters. The molecule has 0 radical (unpaired) electrons. The largest absolute Gasteiger partial charge is 0.493 e. The fourth-order valence-electron chi connectivity index (χ4n) is 2.77. The summed E-state index contributed by atoms with van der Waals surface area (Å²) in [5, 5.41) is 3.43. The lowest BCUT2D eigenvalue weighted by Crippen LogP contribution is -2.40. The van der Waals surface area contributed by atoms with Crippen LogP contribution in [0.3, 0.4) is 0 Å². The minimum Gasteiger partial charge on any atom is -0.493 e. The molecule has 1 aliphatic rings. The highest BCUT2D eigenvalue weighted by Gasteiger charge is 2.22. The normalized spacial score (nSPS) is 20.8. The Morgan fingerprint density at radius 2 is 2.00 bits per heavy atom. The second kappa shape index (κ2) is 8.58. The lowest BCUT2D eigenvalue weighted by Gasteiger charge is -2.27. The van der Waals surface area contributed by atoms with Crippen LogP contribution >= 0.6 is 11.6 Å². The minimum atomic E-state index is -0.147. The molecule has 134 valence electrons. The topological polar surface area (TPSA) is 73.6 Å². The van der Waals surface area contributed by atoms with Crippen molar-refractivity contribution in [1.82, 2.24) is 5.32 Å². The Balaban J connectivity index is 2.09. The van der Waals surface area contributed by atoms with Gasteiger partial charge in [0.25, 0.3) is 5.91 Å². The highest BCUT2D eigenvalue weighted by molar-refractivity contribution is 6.32. The molecule has 0 saturated heterocycles. The molecule has 1 aromatic carbocycles. The molecule has 0 heterocycles. The van der Waals surface area contributed by atoms with Crippen molar-refractivity contribution in [2.75, 3.05) is 13.7 Å². The average Bonchev–Trinajstić information content (AvgIpc) is 2.54. The molecule has 24 heavy (non-hydrogen) atoms. The van der Waals surface area contributed by atoms with Gasteiger partial charge in [0, 0.05) is 17.6 Å². The summed E-state index contributed by atoms with van der Waals surface area (Å²) in [6.07, 6.45) is 3.70. The predicted molar refractivity (Wildman–Crippen MR) is 96.0 cm³/mol. The lowest BCUT2D eigenvalue weighted by atomic mass is 9.91. The van der Waals surface area contributed by atoms with E-state index in [1.54, 1.807) is 12.1 Å². The van der Waals surface area contributed by atoms with E-state index in [0.717, 1.165) is 25.7 Å². The van der Waals surface area contributed by atoms with Crippen LogP contribution in [0.1, 0.15) is 49.9 Å². The summed E-state index contributed by atoms with van der Waals surface area (Å²) in [6.45, 7) is 4.64. The Morgan fingerprint density at radius 3 is 2.58 bits per heavy atom. The molecule has 6 heteroatoms. The van der Waals surface area contributed by atoms with E-state index in [-0.39, 0.29) is 18.0 Å². The third kappa shape index (κ3) is 5.02. The zero-order valence-corrected chi connectivity index (χ0v) is 15.4. The second-order valence-corrected chi connectivity index (χ2v) is 7.19. The van der Waals surface area contributed by atoms with Crippen LogP contribution in [0.4, 0.5) is 0 Å². The molecular formula is C18H27ClN2O3. The first-order valence-corrected chi connectivity index (χ1v) is 8.85. The summed E-state index contributed by atoms with van der Waals surface area (Å²) >= 11 is 6.30. The van der Waals surface area contributed by atoms with Gasteiger partial charge in [-0.1, -0.05) is 25.4 Å². The van der Waals surface area contributed by atoms with Crippen molar-refractivity contribution in [3.8, 4) is 11.5 Å². The Morgan fingerprint density at radius 1 is 1.33 bits per heavy atom. The van der Waals surface area contributed by atoms with Gasteiger partial charge in [-0.2, -0.15) is 0 Å². The van der Waals surface area contributed by atoms with Gasteiger partial charge in [0.05, 0.1) is 18.7 Å². The molecule has 1 aromatic rings. The maximum Gasteiger partial charge on any atom is 0.251 e. The van der Waals surface area contributed by atoms with Gasteiger partial charge in [0.15, 0.2) is 11.5 Å². The number of nitrogens with one attached hydrogen (secondary N) is 1. The van der Waals surface area contributed by atoms with E-state index < -0.39 is 0 Å². The van der Waals surface area contributed by atoms with Gasteiger partial charge >= 0.3 is 0 Å². The maximum absolute atomic E-state index is 12.5. The molecule has 0 bridgehead atoms. The van der Waals surface area contributed by atoms with Crippen LogP contribution in [-0.4, -0.2) is 31.7 Å². The van der Waals surface area contributed by atoms with Gasteiger partial charge in [-0.15, -0.1) is 0 Å². The van der Waals surface area contributed by atoms with E-state index in [9.17, 15) is 4.79 Å². The number of carbonyl (C=O) groups is 1. The fraction of sp³-hybridized carbons (Fsp3) is 0.611. The van der Waals surface area contributed by atoms with Crippen LogP contribution in [0.25, 0.3) is 0 Å². The first kappa shape index (κ1) is 18.9. The maximum atomic E-state index is 12.5. The summed E-state index contributed by atoms with van der Waals surface area (Å²) in [5.41, 5.74) is 6.38. The molecule has 1 amide bonds. The first-order chi connectivity index (χ1) is 11.4. The van der Waals surface area contributed by atoms with Crippen molar-refractivity contribution >= 4 is 17.5 Å². The van der Waals surface area contributed by atoms with Gasteiger partial charge in [-0.05, 0) is 43.7 Å². The number of nitrogens with two attached hydrogens (primary N) is 1. The number of hydrogen-bond donors (Lipinski definition) is 2. The van der Waals surface area contributed by atoms with Gasteiger partial charge in [-0.3, -0.25) is 4.79 Å². The Bertz CT molecular complexity index is 570. The molecule has 2 rings (SSSR count). The smallest absolute Gasteiger partial charge is 0.251 e. The molecule has 3 N–H and O–H groups in total. The van der Waals surface area contributed by atoms with Crippen LogP contribution in [0.5, 0.6) is 11.5 Å². The molecule has 0 unspecified atom stereocenters. The van der Waals surface area contributed by atoms with E-state index >= 15 is 0 Å². The van der Waals surface area contributed by atoms with Crippen LogP contribution in [0, 0.1) is 5.92 Å². The molecule has 0 aliphatic heterocycles. The van der Waals surface area contributed by atoms with E-state index in [2.05, 4.69) is 19.2 Å². The predicted octanol–water partition coefficient (Wildman–Crippen LogP) is 3.38. The summed E-state index contributed by atoms with van der Waals surface area (Å²) < 4.78 is 11.1. The number of halogens is 1. The molecule has 1 saturated carbocycles. The van der Waals surface area contributed by atoms with Gasteiger partial charge in [0.1, 0.15) is 0 Å². The first-order valence-electron chi connectivity index (χ1n) is 8.47. The molecule has 1 aliphatic carbocycles.